The molecule has 1 fully saturated rings. The minimum atomic E-state index is -4.53. The number of benzene rings is 3. The van der Waals surface area contributed by atoms with Crippen LogP contribution in [0.15, 0.2) is 76.6 Å². The van der Waals surface area contributed by atoms with Crippen molar-refractivity contribution >= 4 is 57.8 Å². The number of thioether (sulfide) groups is 1. The molecule has 4 nitrogen and oxygen atoms in total. The SMILES string of the molecule is O=C1NC(=Nc2cc(C(F)(F)F)ccc2Cl)SC1=Cc1ccc(OCc2ccccc2Cl)cc1. The number of hydrogen-bond acceptors (Lipinski definition) is 4. The molecule has 3 aromatic carbocycles. The Morgan fingerprint density at radius 3 is 2.44 bits per heavy atom. The molecule has 1 aliphatic rings. The summed E-state index contributed by atoms with van der Waals surface area (Å²) < 4.78 is 44.7. The predicted octanol–water partition coefficient (Wildman–Crippen LogP) is 7.48. The van der Waals surface area contributed by atoms with E-state index in [4.69, 9.17) is 27.9 Å². The van der Waals surface area contributed by atoms with Gasteiger partial charge in [0.2, 0.25) is 0 Å². The lowest BCUT2D eigenvalue weighted by Gasteiger charge is -2.08. The number of alkyl halides is 3. The quantitative estimate of drug-likeness (QED) is 0.353. The normalized spacial score (nSPS) is 16.2. The van der Waals surface area contributed by atoms with Gasteiger partial charge in [-0.1, -0.05) is 53.5 Å². The van der Waals surface area contributed by atoms with Crippen LogP contribution in [0.3, 0.4) is 0 Å². The third-order valence-electron chi connectivity index (χ3n) is 4.68. The summed E-state index contributed by atoms with van der Waals surface area (Å²) in [6.07, 6.45) is -2.88. The van der Waals surface area contributed by atoms with Gasteiger partial charge in [0.25, 0.3) is 5.91 Å². The van der Waals surface area contributed by atoms with Gasteiger partial charge in [0, 0.05) is 10.6 Å². The number of nitrogens with zero attached hydrogens (tertiary/aromatic N) is 1. The van der Waals surface area contributed by atoms with E-state index < -0.39 is 17.6 Å². The Morgan fingerprint density at radius 2 is 1.74 bits per heavy atom. The van der Waals surface area contributed by atoms with Crippen LogP contribution in [0.5, 0.6) is 5.75 Å². The van der Waals surface area contributed by atoms with Crippen LogP contribution in [0.4, 0.5) is 18.9 Å². The van der Waals surface area contributed by atoms with Crippen molar-refractivity contribution in [1.82, 2.24) is 5.32 Å². The Morgan fingerprint density at radius 1 is 1.00 bits per heavy atom. The second-order valence-electron chi connectivity index (χ2n) is 7.09. The first-order valence-corrected chi connectivity index (χ1v) is 11.4. The Bertz CT molecular complexity index is 1290. The fourth-order valence-corrected chi connectivity index (χ4v) is 4.14. The number of amidine groups is 1. The van der Waals surface area contributed by atoms with E-state index >= 15 is 0 Å². The van der Waals surface area contributed by atoms with Crippen molar-refractivity contribution in [2.24, 2.45) is 4.99 Å². The zero-order valence-electron chi connectivity index (χ0n) is 17.2. The number of carbonyl (C=O) groups is 1. The van der Waals surface area contributed by atoms with Crippen LogP contribution in [0.1, 0.15) is 16.7 Å². The smallest absolute Gasteiger partial charge is 0.416 e. The third-order valence-corrected chi connectivity index (χ3v) is 6.27. The van der Waals surface area contributed by atoms with Crippen LogP contribution < -0.4 is 10.1 Å². The van der Waals surface area contributed by atoms with E-state index in [1.54, 1.807) is 36.4 Å². The summed E-state index contributed by atoms with van der Waals surface area (Å²) >= 11 is 13.1. The molecule has 1 heterocycles. The Labute approximate surface area is 207 Å². The lowest BCUT2D eigenvalue weighted by atomic mass is 10.2. The van der Waals surface area contributed by atoms with Gasteiger partial charge in [-0.2, -0.15) is 13.2 Å². The fraction of sp³-hybridized carbons (Fsp3) is 0.0833. The van der Waals surface area contributed by atoms with Gasteiger partial charge in [-0.3, -0.25) is 4.79 Å². The molecule has 0 atom stereocenters. The first kappa shape index (κ1) is 24.2. The zero-order chi connectivity index (χ0) is 24.3. The highest BCUT2D eigenvalue weighted by molar-refractivity contribution is 8.18. The van der Waals surface area contributed by atoms with Crippen molar-refractivity contribution in [3.05, 3.63) is 98.4 Å². The van der Waals surface area contributed by atoms with Crippen LogP contribution in [0, 0.1) is 0 Å². The Kier molecular flexibility index (Phi) is 7.21. The summed E-state index contributed by atoms with van der Waals surface area (Å²) in [5, 5.41) is 3.34. The highest BCUT2D eigenvalue weighted by atomic mass is 35.5. The molecule has 0 aromatic heterocycles. The molecule has 3 aromatic rings. The number of aliphatic imine (C=N–C) groups is 1. The molecule has 34 heavy (non-hydrogen) atoms. The maximum Gasteiger partial charge on any atom is 0.416 e. The third kappa shape index (κ3) is 5.94. The van der Waals surface area contributed by atoms with Gasteiger partial charge < -0.3 is 10.1 Å². The predicted molar refractivity (Wildman–Crippen MR) is 129 cm³/mol. The number of rotatable bonds is 5. The Hall–Kier alpha value is -2.94. The maximum atomic E-state index is 13.0. The molecule has 0 aliphatic carbocycles. The van der Waals surface area contributed by atoms with Crippen molar-refractivity contribution in [3.8, 4) is 5.75 Å². The zero-order valence-corrected chi connectivity index (χ0v) is 19.5. The second-order valence-corrected chi connectivity index (χ2v) is 8.94. The van der Waals surface area contributed by atoms with E-state index in [0.717, 1.165) is 41.1 Å². The first-order chi connectivity index (χ1) is 16.2. The summed E-state index contributed by atoms with van der Waals surface area (Å²) in [5.74, 6) is 0.220. The molecule has 1 N–H and O–H groups in total. The van der Waals surface area contributed by atoms with E-state index in [0.29, 0.717) is 22.3 Å². The van der Waals surface area contributed by atoms with Gasteiger partial charge in [-0.05, 0) is 59.8 Å². The molecule has 0 saturated carbocycles. The largest absolute Gasteiger partial charge is 0.489 e. The fourth-order valence-electron chi connectivity index (χ4n) is 2.95. The van der Waals surface area contributed by atoms with Crippen LogP contribution >= 0.6 is 35.0 Å². The van der Waals surface area contributed by atoms with Crippen LogP contribution in [-0.4, -0.2) is 11.1 Å². The maximum absolute atomic E-state index is 13.0. The summed E-state index contributed by atoms with van der Waals surface area (Å²) in [5.41, 5.74) is 0.641. The molecule has 0 radical (unpaired) electrons. The second kappa shape index (κ2) is 10.1. The molecule has 0 spiro atoms. The van der Waals surface area contributed by atoms with Gasteiger partial charge in [0.05, 0.1) is 21.2 Å². The molecule has 10 heteroatoms. The van der Waals surface area contributed by atoms with Crippen molar-refractivity contribution in [1.29, 1.82) is 0 Å². The van der Waals surface area contributed by atoms with Crippen molar-refractivity contribution < 1.29 is 22.7 Å². The number of ether oxygens (including phenoxy) is 1. The van der Waals surface area contributed by atoms with Gasteiger partial charge in [-0.25, -0.2) is 4.99 Å². The van der Waals surface area contributed by atoms with Crippen LogP contribution in [-0.2, 0) is 17.6 Å². The number of amides is 1. The number of hydrogen-bond donors (Lipinski definition) is 1. The van der Waals surface area contributed by atoms with Gasteiger partial charge in [0.15, 0.2) is 5.17 Å². The van der Waals surface area contributed by atoms with E-state index in [9.17, 15) is 18.0 Å². The van der Waals surface area contributed by atoms with Gasteiger partial charge >= 0.3 is 6.18 Å². The standard InChI is InChI=1S/C24H15Cl2F3N2O2S/c25-18-4-2-1-3-15(18)13-33-17-8-5-14(6-9-17)11-21-22(32)31-23(34-21)30-20-12-16(24(27,28)29)7-10-19(20)26/h1-12H,13H2,(H,30,31,32). The van der Waals surface area contributed by atoms with Crippen LogP contribution in [0.2, 0.25) is 10.0 Å². The molecular weight excluding hydrogens is 508 g/mol. The topological polar surface area (TPSA) is 50.7 Å². The van der Waals surface area contributed by atoms with E-state index in [1.807, 2.05) is 18.2 Å². The van der Waals surface area contributed by atoms with Crippen molar-refractivity contribution in [3.63, 3.8) is 0 Å². The highest BCUT2D eigenvalue weighted by Crippen LogP contribution is 2.36. The van der Waals surface area contributed by atoms with Crippen molar-refractivity contribution in [2.75, 3.05) is 0 Å². The number of halogens is 5. The summed E-state index contributed by atoms with van der Waals surface area (Å²) in [7, 11) is 0. The lowest BCUT2D eigenvalue weighted by molar-refractivity contribution is -0.137. The van der Waals surface area contributed by atoms with E-state index in [2.05, 4.69) is 10.3 Å². The monoisotopic (exact) mass is 522 g/mol. The molecule has 1 amide bonds. The lowest BCUT2D eigenvalue weighted by Crippen LogP contribution is -2.19. The van der Waals surface area contributed by atoms with Gasteiger partial charge in [-0.15, -0.1) is 0 Å². The molecular formula is C24H15Cl2F3N2O2S. The molecule has 174 valence electrons. The number of carbonyl (C=O) groups excluding carboxylic acids is 1. The molecule has 4 rings (SSSR count). The molecule has 1 aliphatic heterocycles. The minimum Gasteiger partial charge on any atom is -0.489 e. The minimum absolute atomic E-state index is 0.0418. The summed E-state index contributed by atoms with van der Waals surface area (Å²) in [6.45, 7) is 0.316. The van der Waals surface area contributed by atoms with Gasteiger partial charge in [0.1, 0.15) is 12.4 Å². The molecule has 1 saturated heterocycles. The average Bonchev–Trinajstić information content (AvgIpc) is 3.13. The summed E-state index contributed by atoms with van der Waals surface area (Å²) in [6, 6.07) is 17.3. The highest BCUT2D eigenvalue weighted by Gasteiger charge is 2.31. The number of nitrogens with one attached hydrogen (secondary N) is 1. The van der Waals surface area contributed by atoms with E-state index in [1.165, 1.54) is 0 Å². The molecule has 0 bridgehead atoms. The Balaban J connectivity index is 1.45. The summed E-state index contributed by atoms with van der Waals surface area (Å²) in [4.78, 5) is 16.7. The first-order valence-electron chi connectivity index (χ1n) is 9.81. The average molecular weight is 523 g/mol. The van der Waals surface area contributed by atoms with Crippen molar-refractivity contribution in [2.45, 2.75) is 12.8 Å². The van der Waals surface area contributed by atoms with Crippen LogP contribution in [0.25, 0.3) is 6.08 Å². The van der Waals surface area contributed by atoms with E-state index in [-0.39, 0.29) is 15.9 Å². The molecule has 0 unspecified atom stereocenters.